The van der Waals surface area contributed by atoms with Crippen LogP contribution >= 0.6 is 11.6 Å². The lowest BCUT2D eigenvalue weighted by Gasteiger charge is -2.34. The Morgan fingerprint density at radius 3 is 2.71 bits per heavy atom. The molecule has 1 saturated carbocycles. The Labute approximate surface area is 167 Å². The molecule has 8 nitrogen and oxygen atoms in total. The van der Waals surface area contributed by atoms with Gasteiger partial charge in [-0.1, -0.05) is 11.6 Å². The lowest BCUT2D eigenvalue weighted by Crippen LogP contribution is -2.47. The van der Waals surface area contributed by atoms with E-state index in [4.69, 9.17) is 11.6 Å². The molecule has 1 fully saturated rings. The number of rotatable bonds is 7. The van der Waals surface area contributed by atoms with Crippen molar-refractivity contribution in [1.29, 1.82) is 0 Å². The highest BCUT2D eigenvalue weighted by Gasteiger charge is 2.32. The van der Waals surface area contributed by atoms with Crippen molar-refractivity contribution in [1.82, 2.24) is 25.1 Å². The van der Waals surface area contributed by atoms with Gasteiger partial charge in [-0.25, -0.2) is 17.8 Å². The summed E-state index contributed by atoms with van der Waals surface area (Å²) < 4.78 is 40.3. The van der Waals surface area contributed by atoms with Crippen LogP contribution in [0.15, 0.2) is 24.7 Å². The average molecular weight is 430 g/mol. The van der Waals surface area contributed by atoms with E-state index in [2.05, 4.69) is 15.7 Å². The fourth-order valence-electron chi connectivity index (χ4n) is 3.11. The standard InChI is InChI=1S/C17H21ClFN5O3S/c1-20-12-3-10(4-12)8-28(26,27)23-22-17(25)13-5-11(6-14(18)16(13)19)15-7-24(2)9-21-15/h5-7,9-10,12,20,23H,3-4,8H2,1-2H3,(H,22,25). The van der Waals surface area contributed by atoms with Crippen LogP contribution in [0.4, 0.5) is 4.39 Å². The van der Waals surface area contributed by atoms with Crippen LogP contribution in [0.5, 0.6) is 0 Å². The number of sulfonamides is 1. The van der Waals surface area contributed by atoms with E-state index < -0.39 is 21.7 Å². The number of benzene rings is 1. The van der Waals surface area contributed by atoms with E-state index in [1.165, 1.54) is 12.1 Å². The summed E-state index contributed by atoms with van der Waals surface area (Å²) in [4.78, 5) is 18.5. The van der Waals surface area contributed by atoms with Gasteiger partial charge in [0, 0.05) is 24.8 Å². The molecular weight excluding hydrogens is 409 g/mol. The number of carbonyl (C=O) groups excluding carboxylic acids is 1. The Morgan fingerprint density at radius 2 is 2.11 bits per heavy atom. The highest BCUT2D eigenvalue weighted by molar-refractivity contribution is 7.89. The zero-order chi connectivity index (χ0) is 20.5. The molecule has 1 aromatic heterocycles. The van der Waals surface area contributed by atoms with E-state index in [1.807, 2.05) is 11.9 Å². The fraction of sp³-hybridized carbons (Fsp3) is 0.412. The van der Waals surface area contributed by atoms with Crippen LogP contribution in [0, 0.1) is 11.7 Å². The molecule has 152 valence electrons. The quantitative estimate of drug-likeness (QED) is 0.578. The molecule has 0 spiro atoms. The number of hydrogen-bond donors (Lipinski definition) is 3. The summed E-state index contributed by atoms with van der Waals surface area (Å²) in [5.41, 5.74) is 2.61. The third kappa shape index (κ3) is 4.69. The van der Waals surface area contributed by atoms with Crippen LogP contribution < -0.4 is 15.6 Å². The molecule has 1 aliphatic carbocycles. The van der Waals surface area contributed by atoms with Gasteiger partial charge in [0.25, 0.3) is 5.91 Å². The molecule has 3 N–H and O–H groups in total. The van der Waals surface area contributed by atoms with Crippen molar-refractivity contribution < 1.29 is 17.6 Å². The molecule has 1 aliphatic rings. The summed E-state index contributed by atoms with van der Waals surface area (Å²) in [5, 5.41) is 2.81. The molecule has 3 rings (SSSR count). The maximum absolute atomic E-state index is 14.3. The smallest absolute Gasteiger partial charge is 0.269 e. The summed E-state index contributed by atoms with van der Waals surface area (Å²) in [6.45, 7) is 0. The highest BCUT2D eigenvalue weighted by atomic mass is 35.5. The molecule has 0 unspecified atom stereocenters. The van der Waals surface area contributed by atoms with Crippen molar-refractivity contribution >= 4 is 27.5 Å². The van der Waals surface area contributed by atoms with Gasteiger partial charge in [0.2, 0.25) is 10.0 Å². The number of imidazole rings is 1. The van der Waals surface area contributed by atoms with E-state index in [9.17, 15) is 17.6 Å². The second kappa shape index (κ2) is 8.16. The lowest BCUT2D eigenvalue weighted by molar-refractivity contribution is 0.0941. The number of nitrogens with zero attached hydrogens (tertiary/aromatic N) is 2. The fourth-order valence-corrected chi connectivity index (χ4v) is 4.56. The third-order valence-electron chi connectivity index (χ3n) is 4.69. The Balaban J connectivity index is 1.69. The Kier molecular flexibility index (Phi) is 6.04. The van der Waals surface area contributed by atoms with Crippen molar-refractivity contribution in [3.63, 3.8) is 0 Å². The first-order valence-electron chi connectivity index (χ1n) is 8.63. The highest BCUT2D eigenvalue weighted by Crippen LogP contribution is 2.28. The molecule has 28 heavy (non-hydrogen) atoms. The van der Waals surface area contributed by atoms with Crippen molar-refractivity contribution in [2.24, 2.45) is 13.0 Å². The predicted molar refractivity (Wildman–Crippen MR) is 104 cm³/mol. The van der Waals surface area contributed by atoms with Crippen molar-refractivity contribution in [3.05, 3.63) is 41.1 Å². The molecule has 0 radical (unpaired) electrons. The molecule has 2 aromatic rings. The van der Waals surface area contributed by atoms with Gasteiger partial charge in [-0.2, -0.15) is 0 Å². The first-order chi connectivity index (χ1) is 13.2. The van der Waals surface area contributed by atoms with Gasteiger partial charge >= 0.3 is 0 Å². The van der Waals surface area contributed by atoms with Gasteiger partial charge < -0.3 is 9.88 Å². The van der Waals surface area contributed by atoms with E-state index in [0.717, 1.165) is 12.8 Å². The number of aromatic nitrogens is 2. The van der Waals surface area contributed by atoms with Gasteiger partial charge in [-0.3, -0.25) is 10.2 Å². The normalized spacial score (nSPS) is 19.3. The number of hydrazine groups is 1. The Morgan fingerprint density at radius 1 is 1.39 bits per heavy atom. The van der Waals surface area contributed by atoms with E-state index >= 15 is 0 Å². The Hall–Kier alpha value is -2.01. The Bertz CT molecular complexity index is 989. The van der Waals surface area contributed by atoms with Gasteiger partial charge in [-0.15, -0.1) is 4.83 Å². The summed E-state index contributed by atoms with van der Waals surface area (Å²) in [7, 11) is -0.144. The largest absolute Gasteiger partial charge is 0.340 e. The summed E-state index contributed by atoms with van der Waals surface area (Å²) >= 11 is 5.90. The monoisotopic (exact) mass is 429 g/mol. The summed E-state index contributed by atoms with van der Waals surface area (Å²) in [5.74, 6) is -1.97. The number of carbonyl (C=O) groups is 1. The van der Waals surface area contributed by atoms with Crippen LogP contribution in [0.1, 0.15) is 23.2 Å². The maximum Gasteiger partial charge on any atom is 0.269 e. The van der Waals surface area contributed by atoms with E-state index in [-0.39, 0.29) is 22.3 Å². The van der Waals surface area contributed by atoms with E-state index in [0.29, 0.717) is 17.3 Å². The van der Waals surface area contributed by atoms with Gasteiger partial charge in [0.15, 0.2) is 5.82 Å². The molecule has 0 aliphatic heterocycles. The molecule has 1 amide bonds. The molecule has 0 atom stereocenters. The molecule has 1 aromatic carbocycles. The lowest BCUT2D eigenvalue weighted by atomic mass is 9.82. The topological polar surface area (TPSA) is 105 Å². The van der Waals surface area contributed by atoms with Crippen LogP contribution in [0.2, 0.25) is 5.02 Å². The number of aryl methyl sites for hydroxylation is 1. The van der Waals surface area contributed by atoms with Crippen molar-refractivity contribution in [2.75, 3.05) is 12.8 Å². The van der Waals surface area contributed by atoms with Gasteiger partial charge in [0.05, 0.1) is 28.4 Å². The van der Waals surface area contributed by atoms with Crippen molar-refractivity contribution in [2.45, 2.75) is 18.9 Å². The summed E-state index contributed by atoms with van der Waals surface area (Å²) in [6, 6.07) is 2.95. The van der Waals surface area contributed by atoms with Crippen LogP contribution in [0.3, 0.4) is 0 Å². The van der Waals surface area contributed by atoms with Crippen LogP contribution in [-0.2, 0) is 17.1 Å². The third-order valence-corrected chi connectivity index (χ3v) is 6.29. The minimum atomic E-state index is -3.74. The first-order valence-corrected chi connectivity index (χ1v) is 10.7. The van der Waals surface area contributed by atoms with Gasteiger partial charge in [0.1, 0.15) is 0 Å². The minimum Gasteiger partial charge on any atom is -0.340 e. The molecule has 1 heterocycles. The average Bonchev–Trinajstić information content (AvgIpc) is 3.04. The zero-order valence-electron chi connectivity index (χ0n) is 15.4. The van der Waals surface area contributed by atoms with Crippen LogP contribution in [0.25, 0.3) is 11.3 Å². The second-order valence-electron chi connectivity index (χ2n) is 6.90. The van der Waals surface area contributed by atoms with Crippen LogP contribution in [-0.4, -0.2) is 42.7 Å². The van der Waals surface area contributed by atoms with Crippen molar-refractivity contribution in [3.8, 4) is 11.3 Å². The summed E-state index contributed by atoms with van der Waals surface area (Å²) in [6.07, 6.45) is 4.74. The van der Waals surface area contributed by atoms with Gasteiger partial charge in [-0.05, 0) is 37.9 Å². The zero-order valence-corrected chi connectivity index (χ0v) is 16.9. The molecule has 11 heteroatoms. The minimum absolute atomic E-state index is 0.0190. The maximum atomic E-state index is 14.3. The number of nitrogens with one attached hydrogen (secondary N) is 3. The molecular formula is C17H21ClFN5O3S. The number of amides is 1. The van der Waals surface area contributed by atoms with E-state index in [1.54, 1.807) is 24.1 Å². The predicted octanol–water partition coefficient (Wildman–Crippen LogP) is 1.44. The number of halogens is 2. The first kappa shape index (κ1) is 20.7. The molecule has 0 bridgehead atoms. The second-order valence-corrected chi connectivity index (χ2v) is 9.08. The SMILES string of the molecule is CNC1CC(CS(=O)(=O)NNC(=O)c2cc(-c3cn(C)cn3)cc(Cl)c2F)C1. The number of hydrogen-bond acceptors (Lipinski definition) is 5. The molecule has 0 saturated heterocycles.